The van der Waals surface area contributed by atoms with Crippen LogP contribution >= 0.6 is 11.3 Å². The minimum absolute atomic E-state index is 0.0561. The molecule has 4 rings (SSSR count). The molecule has 0 aromatic carbocycles. The van der Waals surface area contributed by atoms with Crippen molar-refractivity contribution in [2.75, 3.05) is 6.61 Å². The van der Waals surface area contributed by atoms with Crippen molar-refractivity contribution in [1.82, 2.24) is 9.97 Å². The molecule has 0 N–H and O–H groups in total. The molecule has 0 bridgehead atoms. The van der Waals surface area contributed by atoms with Gasteiger partial charge in [-0.2, -0.15) is 5.26 Å². The van der Waals surface area contributed by atoms with Gasteiger partial charge in [0.1, 0.15) is 11.9 Å². The van der Waals surface area contributed by atoms with Gasteiger partial charge in [-0.3, -0.25) is 19.6 Å². The Morgan fingerprint density at radius 3 is 2.39 bits per heavy atom. The Morgan fingerprint density at radius 1 is 1.11 bits per heavy atom. The summed E-state index contributed by atoms with van der Waals surface area (Å²) in [5.74, 6) is 0.311. The number of pyridine rings is 2. The van der Waals surface area contributed by atoms with Gasteiger partial charge in [0.05, 0.1) is 18.6 Å². The zero-order chi connectivity index (χ0) is 25.5. The van der Waals surface area contributed by atoms with Crippen molar-refractivity contribution in [3.05, 3.63) is 81.1 Å². The Hall–Kier alpha value is -3.37. The number of fused-ring (bicyclic) bond motifs is 1. The van der Waals surface area contributed by atoms with E-state index in [1.165, 1.54) is 0 Å². The minimum atomic E-state index is -0.199. The van der Waals surface area contributed by atoms with Crippen molar-refractivity contribution >= 4 is 23.1 Å². The van der Waals surface area contributed by atoms with Crippen LogP contribution in [0.3, 0.4) is 0 Å². The van der Waals surface area contributed by atoms with E-state index in [1.54, 1.807) is 36.1 Å². The number of ketones is 1. The minimum Gasteiger partial charge on any atom is -0.465 e. The van der Waals surface area contributed by atoms with Gasteiger partial charge in [-0.1, -0.05) is 26.0 Å². The van der Waals surface area contributed by atoms with E-state index >= 15 is 0 Å². The van der Waals surface area contributed by atoms with Crippen LogP contribution in [0.2, 0.25) is 0 Å². The number of thiophene rings is 1. The summed E-state index contributed by atoms with van der Waals surface area (Å²) in [6, 6.07) is 10.1. The molecule has 36 heavy (non-hydrogen) atoms. The molecular formula is C29H31N3O3S. The van der Waals surface area contributed by atoms with Crippen molar-refractivity contribution < 1.29 is 14.3 Å². The largest absolute Gasteiger partial charge is 0.465 e. The van der Waals surface area contributed by atoms with Crippen LogP contribution in [0.15, 0.2) is 49.1 Å². The predicted molar refractivity (Wildman–Crippen MR) is 139 cm³/mol. The molecule has 3 atom stereocenters. The molecule has 1 aliphatic rings. The van der Waals surface area contributed by atoms with E-state index in [9.17, 15) is 14.9 Å². The molecule has 3 unspecified atom stereocenters. The van der Waals surface area contributed by atoms with Crippen molar-refractivity contribution in [3.63, 3.8) is 0 Å². The molecular weight excluding hydrogens is 470 g/mol. The highest BCUT2D eigenvalue weighted by molar-refractivity contribution is 7.12. The van der Waals surface area contributed by atoms with Gasteiger partial charge in [-0.05, 0) is 65.8 Å². The van der Waals surface area contributed by atoms with Crippen LogP contribution in [0.25, 0.3) is 0 Å². The lowest BCUT2D eigenvalue weighted by Gasteiger charge is -2.22. The first kappa shape index (κ1) is 25.7. The standard InChI is InChI=1S/C29H31N3O3S/c1-19(22-5-3-9-31-16-22)11-24(33)14-28-26(15-30)25-8-7-21(13-27(25)36-28)18-35-29(34)12-20(2)23-6-4-10-32-17-23/h3-6,9-10,16-17,19-21H,7-8,11-14,18H2,1-2H3. The smallest absolute Gasteiger partial charge is 0.306 e. The van der Waals surface area contributed by atoms with Crippen LogP contribution in [-0.2, 0) is 33.6 Å². The molecule has 0 saturated heterocycles. The van der Waals surface area contributed by atoms with Gasteiger partial charge in [-0.25, -0.2) is 0 Å². The van der Waals surface area contributed by atoms with Crippen molar-refractivity contribution in [2.45, 2.75) is 64.2 Å². The summed E-state index contributed by atoms with van der Waals surface area (Å²) in [5.41, 5.74) is 3.83. The zero-order valence-electron chi connectivity index (χ0n) is 20.8. The maximum absolute atomic E-state index is 12.8. The average Bonchev–Trinajstić information content (AvgIpc) is 3.24. The second-order valence-corrected chi connectivity index (χ2v) is 10.9. The van der Waals surface area contributed by atoms with Crippen molar-refractivity contribution in [3.8, 4) is 6.07 Å². The summed E-state index contributed by atoms with van der Waals surface area (Å²) in [6.07, 6.45) is 10.5. The third kappa shape index (κ3) is 6.44. The third-order valence-corrected chi connectivity index (χ3v) is 8.16. The highest BCUT2D eigenvalue weighted by atomic mass is 32.1. The van der Waals surface area contributed by atoms with E-state index in [-0.39, 0.29) is 35.9 Å². The van der Waals surface area contributed by atoms with E-state index in [0.29, 0.717) is 25.0 Å². The van der Waals surface area contributed by atoms with E-state index < -0.39 is 0 Å². The van der Waals surface area contributed by atoms with E-state index in [0.717, 1.165) is 45.7 Å². The number of nitriles is 1. The van der Waals surface area contributed by atoms with Crippen LogP contribution in [0.1, 0.15) is 77.0 Å². The SMILES string of the molecule is CC(CC(=O)Cc1sc2c(c1C#N)CCC(COC(=O)CC(C)c1cccnc1)C2)c1cccnc1. The molecule has 6 nitrogen and oxygen atoms in total. The molecule has 3 aromatic heterocycles. The van der Waals surface area contributed by atoms with Crippen LogP contribution in [-0.4, -0.2) is 28.3 Å². The third-order valence-electron chi connectivity index (χ3n) is 6.90. The number of Topliss-reactive ketones (excluding diaryl/α,β-unsaturated/α-hetero) is 1. The summed E-state index contributed by atoms with van der Waals surface area (Å²) in [4.78, 5) is 35.5. The molecule has 0 radical (unpaired) electrons. The molecule has 7 heteroatoms. The van der Waals surface area contributed by atoms with Gasteiger partial charge in [-0.15, -0.1) is 11.3 Å². The van der Waals surface area contributed by atoms with Gasteiger partial charge < -0.3 is 4.74 Å². The highest BCUT2D eigenvalue weighted by Gasteiger charge is 2.28. The van der Waals surface area contributed by atoms with Gasteiger partial charge >= 0.3 is 5.97 Å². The number of aromatic nitrogens is 2. The number of esters is 1. The summed E-state index contributed by atoms with van der Waals surface area (Å²) in [7, 11) is 0. The Bertz CT molecular complexity index is 1230. The van der Waals surface area contributed by atoms with E-state index in [1.807, 2.05) is 38.1 Å². The summed E-state index contributed by atoms with van der Waals surface area (Å²) >= 11 is 1.58. The summed E-state index contributed by atoms with van der Waals surface area (Å²) in [6.45, 7) is 4.41. The molecule has 3 heterocycles. The summed E-state index contributed by atoms with van der Waals surface area (Å²) < 4.78 is 5.62. The molecule has 0 aliphatic heterocycles. The van der Waals surface area contributed by atoms with Gasteiger partial charge in [0, 0.05) is 47.4 Å². The van der Waals surface area contributed by atoms with Gasteiger partial charge in [0.15, 0.2) is 0 Å². The zero-order valence-corrected chi connectivity index (χ0v) is 21.6. The van der Waals surface area contributed by atoms with E-state index in [2.05, 4.69) is 16.0 Å². The number of hydrogen-bond acceptors (Lipinski definition) is 7. The Labute approximate surface area is 216 Å². The number of hydrogen-bond donors (Lipinski definition) is 0. The monoisotopic (exact) mass is 501 g/mol. The molecule has 0 amide bonds. The van der Waals surface area contributed by atoms with Crippen LogP contribution in [0, 0.1) is 17.2 Å². The fourth-order valence-electron chi connectivity index (χ4n) is 4.79. The Balaban J connectivity index is 1.31. The highest BCUT2D eigenvalue weighted by Crippen LogP contribution is 2.37. The number of ether oxygens (including phenoxy) is 1. The number of nitrogens with zero attached hydrogens (tertiary/aromatic N) is 3. The van der Waals surface area contributed by atoms with Crippen molar-refractivity contribution in [1.29, 1.82) is 5.26 Å². The second-order valence-electron chi connectivity index (χ2n) is 9.70. The summed E-state index contributed by atoms with van der Waals surface area (Å²) in [5, 5.41) is 9.82. The average molecular weight is 502 g/mol. The fraction of sp³-hybridized carbons (Fsp3) is 0.414. The lowest BCUT2D eigenvalue weighted by Crippen LogP contribution is -2.21. The molecule has 0 fully saturated rings. The van der Waals surface area contributed by atoms with E-state index in [4.69, 9.17) is 4.74 Å². The molecule has 0 saturated carbocycles. The van der Waals surface area contributed by atoms with Crippen LogP contribution in [0.5, 0.6) is 0 Å². The Kier molecular flexibility index (Phi) is 8.61. The van der Waals surface area contributed by atoms with Crippen LogP contribution < -0.4 is 0 Å². The van der Waals surface area contributed by atoms with Crippen molar-refractivity contribution in [2.24, 2.45) is 5.92 Å². The lowest BCUT2D eigenvalue weighted by molar-refractivity contribution is -0.145. The predicted octanol–water partition coefficient (Wildman–Crippen LogP) is 5.56. The van der Waals surface area contributed by atoms with Gasteiger partial charge in [0.25, 0.3) is 0 Å². The first-order chi connectivity index (χ1) is 17.4. The lowest BCUT2D eigenvalue weighted by atomic mass is 9.87. The number of rotatable bonds is 10. The maximum atomic E-state index is 12.8. The molecule has 186 valence electrons. The molecule has 3 aromatic rings. The fourth-order valence-corrected chi connectivity index (χ4v) is 6.24. The second kappa shape index (κ2) is 12.0. The number of carbonyl (C=O) groups excluding carboxylic acids is 2. The first-order valence-corrected chi connectivity index (χ1v) is 13.3. The normalized spacial score (nSPS) is 16.4. The maximum Gasteiger partial charge on any atom is 0.306 e. The van der Waals surface area contributed by atoms with Gasteiger partial charge in [0.2, 0.25) is 0 Å². The number of carbonyl (C=O) groups is 2. The molecule has 0 spiro atoms. The molecule has 1 aliphatic carbocycles. The quantitative estimate of drug-likeness (QED) is 0.338. The Morgan fingerprint density at radius 2 is 1.78 bits per heavy atom. The first-order valence-electron chi connectivity index (χ1n) is 12.4. The van der Waals surface area contributed by atoms with Crippen LogP contribution in [0.4, 0.5) is 0 Å². The topological polar surface area (TPSA) is 92.9 Å².